The van der Waals surface area contributed by atoms with E-state index in [1.807, 2.05) is 17.9 Å². The fourth-order valence-corrected chi connectivity index (χ4v) is 3.29. The van der Waals surface area contributed by atoms with E-state index in [-0.39, 0.29) is 6.04 Å². The van der Waals surface area contributed by atoms with Crippen molar-refractivity contribution in [3.63, 3.8) is 0 Å². The summed E-state index contributed by atoms with van der Waals surface area (Å²) in [5.41, 5.74) is 3.67. The molecular weight excluding hydrogens is 298 g/mol. The topological polar surface area (TPSA) is 36.3 Å². The molecule has 1 aliphatic rings. The fraction of sp³-hybridized carbons (Fsp3) is 0.526. The number of hydrogen-bond acceptors (Lipinski definition) is 4. The highest BCUT2D eigenvalue weighted by atomic mass is 15.3. The number of aryl methyl sites for hydroxylation is 1. The van der Waals surface area contributed by atoms with Gasteiger partial charge in [0.05, 0.1) is 12.2 Å². The Morgan fingerprint density at radius 1 is 1.08 bits per heavy atom. The molecule has 1 fully saturated rings. The van der Waals surface area contributed by atoms with E-state index < -0.39 is 0 Å². The van der Waals surface area contributed by atoms with E-state index in [4.69, 9.17) is 0 Å². The Morgan fingerprint density at radius 3 is 2.46 bits per heavy atom. The molecule has 0 unspecified atom stereocenters. The first kappa shape index (κ1) is 16.8. The van der Waals surface area contributed by atoms with Gasteiger partial charge in [0.25, 0.3) is 0 Å². The van der Waals surface area contributed by atoms with E-state index in [0.29, 0.717) is 6.04 Å². The molecule has 1 saturated heterocycles. The number of anilines is 2. The molecule has 24 heavy (non-hydrogen) atoms. The molecule has 2 heterocycles. The molecule has 1 N–H and O–H groups in total. The van der Waals surface area contributed by atoms with E-state index in [2.05, 4.69) is 71.4 Å². The molecule has 0 spiro atoms. The molecule has 5 nitrogen and oxygen atoms in total. The molecule has 5 heteroatoms. The summed E-state index contributed by atoms with van der Waals surface area (Å²) in [4.78, 5) is 5.03. The van der Waals surface area contributed by atoms with E-state index in [1.54, 1.807) is 0 Å². The van der Waals surface area contributed by atoms with Crippen LogP contribution < -0.4 is 10.2 Å². The average molecular weight is 327 g/mol. The van der Waals surface area contributed by atoms with Gasteiger partial charge < -0.3 is 10.2 Å². The maximum Gasteiger partial charge on any atom is 0.0542 e. The van der Waals surface area contributed by atoms with Crippen molar-refractivity contribution in [1.29, 1.82) is 0 Å². The van der Waals surface area contributed by atoms with Crippen LogP contribution >= 0.6 is 0 Å². The molecule has 2 aromatic rings. The van der Waals surface area contributed by atoms with Gasteiger partial charge in [-0.1, -0.05) is 6.07 Å². The lowest BCUT2D eigenvalue weighted by Gasteiger charge is -2.38. The summed E-state index contributed by atoms with van der Waals surface area (Å²) in [6.07, 6.45) is 3.99. The van der Waals surface area contributed by atoms with E-state index >= 15 is 0 Å². The minimum Gasteiger partial charge on any atom is -0.378 e. The van der Waals surface area contributed by atoms with Crippen molar-refractivity contribution in [3.05, 3.63) is 42.2 Å². The quantitative estimate of drug-likeness (QED) is 0.915. The van der Waals surface area contributed by atoms with Crippen LogP contribution in [0.25, 0.3) is 0 Å². The monoisotopic (exact) mass is 327 g/mol. The molecular formula is C19H29N5. The molecule has 1 aromatic heterocycles. The van der Waals surface area contributed by atoms with Crippen LogP contribution in [0, 0.1) is 0 Å². The van der Waals surface area contributed by atoms with Crippen LogP contribution in [0.2, 0.25) is 0 Å². The molecule has 0 radical (unpaired) electrons. The second-order valence-electron chi connectivity index (χ2n) is 6.98. The third-order valence-corrected chi connectivity index (χ3v) is 4.86. The Labute approximate surface area is 145 Å². The zero-order valence-electron chi connectivity index (χ0n) is 15.2. The normalized spacial score (nSPS) is 17.3. The van der Waals surface area contributed by atoms with Crippen molar-refractivity contribution in [1.82, 2.24) is 14.7 Å². The van der Waals surface area contributed by atoms with Crippen molar-refractivity contribution in [3.8, 4) is 0 Å². The van der Waals surface area contributed by atoms with Crippen LogP contribution in [0.5, 0.6) is 0 Å². The maximum absolute atomic E-state index is 4.26. The van der Waals surface area contributed by atoms with Gasteiger partial charge in [0.1, 0.15) is 0 Å². The van der Waals surface area contributed by atoms with Crippen molar-refractivity contribution in [2.24, 2.45) is 7.05 Å². The zero-order valence-corrected chi connectivity index (χ0v) is 15.2. The number of benzene rings is 1. The molecule has 3 rings (SSSR count). The molecule has 1 aromatic carbocycles. The average Bonchev–Trinajstić information content (AvgIpc) is 3.02. The number of nitrogens with zero attached hydrogens (tertiary/aromatic N) is 4. The minimum absolute atomic E-state index is 0.242. The first-order chi connectivity index (χ1) is 11.5. The summed E-state index contributed by atoms with van der Waals surface area (Å²) in [6.45, 7) is 11.2. The van der Waals surface area contributed by atoms with Gasteiger partial charge >= 0.3 is 0 Å². The van der Waals surface area contributed by atoms with Crippen LogP contribution in [-0.2, 0) is 7.05 Å². The van der Waals surface area contributed by atoms with E-state index in [0.717, 1.165) is 31.9 Å². The molecule has 0 bridgehead atoms. The van der Waals surface area contributed by atoms with Crippen molar-refractivity contribution < 1.29 is 0 Å². The molecule has 130 valence electrons. The predicted octanol–water partition coefficient (Wildman–Crippen LogP) is 3.12. The second-order valence-corrected chi connectivity index (χ2v) is 6.98. The lowest BCUT2D eigenvalue weighted by atomic mass is 10.1. The number of hydrogen-bond donors (Lipinski definition) is 1. The van der Waals surface area contributed by atoms with Crippen LogP contribution in [0.15, 0.2) is 36.7 Å². The SMILES string of the molecule is CC(C)N1CCN(c2cccc(N[C@H](C)c3cnn(C)c3)c2)CC1. The Hall–Kier alpha value is -2.01. The second kappa shape index (κ2) is 7.26. The van der Waals surface area contributed by atoms with Gasteiger partial charge in [0, 0.05) is 62.4 Å². The Morgan fingerprint density at radius 2 is 1.83 bits per heavy atom. The van der Waals surface area contributed by atoms with Gasteiger partial charge in [-0.2, -0.15) is 5.10 Å². The lowest BCUT2D eigenvalue weighted by molar-refractivity contribution is 0.209. The third kappa shape index (κ3) is 3.90. The first-order valence-electron chi connectivity index (χ1n) is 8.87. The predicted molar refractivity (Wildman–Crippen MR) is 101 cm³/mol. The minimum atomic E-state index is 0.242. The lowest BCUT2D eigenvalue weighted by Crippen LogP contribution is -2.48. The summed E-state index contributed by atoms with van der Waals surface area (Å²) >= 11 is 0. The standard InChI is InChI=1S/C19H29N5/c1-15(2)23-8-10-24(11-9-23)19-7-5-6-18(12-19)21-16(3)17-13-20-22(4)14-17/h5-7,12-16,21H,8-11H2,1-4H3/t16-/m1/s1. The summed E-state index contributed by atoms with van der Waals surface area (Å²) in [6, 6.07) is 9.64. The highest BCUT2D eigenvalue weighted by Gasteiger charge is 2.19. The number of piperazine rings is 1. The summed E-state index contributed by atoms with van der Waals surface area (Å²) < 4.78 is 1.85. The van der Waals surface area contributed by atoms with Crippen LogP contribution in [0.3, 0.4) is 0 Å². The van der Waals surface area contributed by atoms with Crippen molar-refractivity contribution >= 4 is 11.4 Å². The van der Waals surface area contributed by atoms with Gasteiger partial charge in [-0.05, 0) is 39.0 Å². The molecule has 0 aliphatic carbocycles. The highest BCUT2D eigenvalue weighted by Crippen LogP contribution is 2.24. The van der Waals surface area contributed by atoms with Gasteiger partial charge in [-0.15, -0.1) is 0 Å². The molecule has 1 atom stereocenters. The van der Waals surface area contributed by atoms with E-state index in [1.165, 1.54) is 11.3 Å². The summed E-state index contributed by atoms with van der Waals surface area (Å²) in [7, 11) is 1.95. The molecule has 0 amide bonds. The third-order valence-electron chi connectivity index (χ3n) is 4.86. The Kier molecular flexibility index (Phi) is 5.09. The molecule has 0 saturated carbocycles. The molecule has 1 aliphatic heterocycles. The van der Waals surface area contributed by atoms with Crippen molar-refractivity contribution in [2.75, 3.05) is 36.4 Å². The number of rotatable bonds is 5. The van der Waals surface area contributed by atoms with E-state index in [9.17, 15) is 0 Å². The van der Waals surface area contributed by atoms with Gasteiger partial charge in [-0.25, -0.2) is 0 Å². The van der Waals surface area contributed by atoms with Crippen LogP contribution in [0.1, 0.15) is 32.4 Å². The van der Waals surface area contributed by atoms with Crippen molar-refractivity contribution in [2.45, 2.75) is 32.9 Å². The summed E-state index contributed by atoms with van der Waals surface area (Å²) in [5.74, 6) is 0. The van der Waals surface area contributed by atoms with Crippen LogP contribution in [0.4, 0.5) is 11.4 Å². The van der Waals surface area contributed by atoms with Gasteiger partial charge in [0.2, 0.25) is 0 Å². The summed E-state index contributed by atoms with van der Waals surface area (Å²) in [5, 5.41) is 7.84. The van der Waals surface area contributed by atoms with Gasteiger partial charge in [0.15, 0.2) is 0 Å². The Balaban J connectivity index is 1.64. The first-order valence-corrected chi connectivity index (χ1v) is 8.87. The maximum atomic E-state index is 4.26. The fourth-order valence-electron chi connectivity index (χ4n) is 3.29. The van der Waals surface area contributed by atoms with Gasteiger partial charge in [-0.3, -0.25) is 9.58 Å². The largest absolute Gasteiger partial charge is 0.378 e. The number of aromatic nitrogens is 2. The smallest absolute Gasteiger partial charge is 0.0542 e. The zero-order chi connectivity index (χ0) is 17.1. The van der Waals surface area contributed by atoms with Crippen LogP contribution in [-0.4, -0.2) is 46.9 Å². The number of nitrogens with one attached hydrogen (secondary N) is 1. The highest BCUT2D eigenvalue weighted by molar-refractivity contribution is 5.59. The Bertz CT molecular complexity index is 655.